The number of hydrogen-bond donors (Lipinski definition) is 0. The van der Waals surface area contributed by atoms with Gasteiger partial charge in [-0.05, 0) is 51.6 Å². The van der Waals surface area contributed by atoms with E-state index in [-0.39, 0.29) is 0 Å². The van der Waals surface area contributed by atoms with Gasteiger partial charge in [0.1, 0.15) is 0 Å². The number of benzene rings is 8. The fraction of sp³-hybridized carbons (Fsp3) is 0. The van der Waals surface area contributed by atoms with Gasteiger partial charge >= 0.3 is 0 Å². The van der Waals surface area contributed by atoms with Crippen molar-refractivity contribution in [3.05, 3.63) is 164 Å². The number of rotatable bonds is 3. The largest absolute Gasteiger partial charge is 0.309 e. The summed E-state index contributed by atoms with van der Waals surface area (Å²) in [5.41, 5.74) is 9.77. The molecule has 8 aromatic carbocycles. The number of para-hydroxylation sites is 1. The molecule has 0 spiro atoms. The Balaban J connectivity index is 1.09. The maximum absolute atomic E-state index is 5.19. The molecule has 0 fully saturated rings. The van der Waals surface area contributed by atoms with Crippen molar-refractivity contribution in [3.8, 4) is 28.1 Å². The fourth-order valence-electron chi connectivity index (χ4n) is 7.41. The smallest absolute Gasteiger partial charge is 0.0979 e. The summed E-state index contributed by atoms with van der Waals surface area (Å²) < 4.78 is 2.41. The lowest BCUT2D eigenvalue weighted by atomic mass is 9.99. The molecule has 47 heavy (non-hydrogen) atoms. The highest BCUT2D eigenvalue weighted by molar-refractivity contribution is 6.23. The van der Waals surface area contributed by atoms with Crippen LogP contribution in [0.15, 0.2) is 164 Å². The van der Waals surface area contributed by atoms with E-state index >= 15 is 0 Å². The fourth-order valence-corrected chi connectivity index (χ4v) is 7.41. The molecule has 3 heteroatoms. The summed E-state index contributed by atoms with van der Waals surface area (Å²) in [5, 5.41) is 9.65. The molecule has 10 aromatic rings. The summed E-state index contributed by atoms with van der Waals surface area (Å²) in [7, 11) is 0. The molecule has 2 heterocycles. The molecule has 0 unspecified atom stereocenters. The molecule has 10 rings (SSSR count). The minimum atomic E-state index is 0.873. The monoisotopic (exact) mass is 597 g/mol. The van der Waals surface area contributed by atoms with Gasteiger partial charge in [-0.3, -0.25) is 4.98 Å². The second kappa shape index (κ2) is 10.1. The van der Waals surface area contributed by atoms with Gasteiger partial charge in [0.05, 0.1) is 39.6 Å². The van der Waals surface area contributed by atoms with E-state index in [0.717, 1.165) is 33.1 Å². The summed E-state index contributed by atoms with van der Waals surface area (Å²) in [4.78, 5) is 10.1. The van der Waals surface area contributed by atoms with E-state index in [1.165, 1.54) is 60.2 Å². The van der Waals surface area contributed by atoms with Crippen molar-refractivity contribution in [2.24, 2.45) is 0 Å². The molecule has 0 saturated heterocycles. The molecule has 0 saturated carbocycles. The molecular formula is C44H27N3. The van der Waals surface area contributed by atoms with Gasteiger partial charge in [0.15, 0.2) is 0 Å². The minimum Gasteiger partial charge on any atom is -0.309 e. The Bertz CT molecular complexity index is 2800. The van der Waals surface area contributed by atoms with Crippen LogP contribution in [0.1, 0.15) is 0 Å². The van der Waals surface area contributed by atoms with Gasteiger partial charge in [-0.2, -0.15) is 0 Å². The Morgan fingerprint density at radius 3 is 1.74 bits per heavy atom. The van der Waals surface area contributed by atoms with Gasteiger partial charge in [0, 0.05) is 32.5 Å². The lowest BCUT2D eigenvalue weighted by Gasteiger charge is -2.12. The van der Waals surface area contributed by atoms with E-state index in [4.69, 9.17) is 9.97 Å². The zero-order valence-corrected chi connectivity index (χ0v) is 25.4. The summed E-state index contributed by atoms with van der Waals surface area (Å²) in [6.07, 6.45) is 1.91. The number of hydrogen-bond acceptors (Lipinski definition) is 2. The molecule has 2 aromatic heterocycles. The quantitative estimate of drug-likeness (QED) is 0.190. The van der Waals surface area contributed by atoms with Gasteiger partial charge in [0.25, 0.3) is 0 Å². The first-order valence-corrected chi connectivity index (χ1v) is 16.0. The predicted octanol–water partition coefficient (Wildman–Crippen LogP) is 11.5. The van der Waals surface area contributed by atoms with Crippen LogP contribution in [0.5, 0.6) is 0 Å². The van der Waals surface area contributed by atoms with E-state index < -0.39 is 0 Å². The molecule has 0 aliphatic heterocycles. The minimum absolute atomic E-state index is 0.873. The van der Waals surface area contributed by atoms with Crippen LogP contribution in [0.4, 0.5) is 0 Å². The first-order valence-electron chi connectivity index (χ1n) is 16.0. The van der Waals surface area contributed by atoms with E-state index in [1.54, 1.807) is 0 Å². The van der Waals surface area contributed by atoms with E-state index in [0.29, 0.717) is 0 Å². The average molecular weight is 598 g/mol. The summed E-state index contributed by atoms with van der Waals surface area (Å²) >= 11 is 0. The van der Waals surface area contributed by atoms with Crippen molar-refractivity contribution in [3.63, 3.8) is 0 Å². The summed E-state index contributed by atoms with van der Waals surface area (Å²) in [6.45, 7) is 0. The molecule has 3 nitrogen and oxygen atoms in total. The van der Waals surface area contributed by atoms with Crippen LogP contribution in [-0.4, -0.2) is 14.5 Å². The molecule has 0 N–H and O–H groups in total. The second-order valence-corrected chi connectivity index (χ2v) is 12.2. The number of aromatic nitrogens is 3. The molecule has 218 valence electrons. The van der Waals surface area contributed by atoms with Crippen LogP contribution in [0.3, 0.4) is 0 Å². The SMILES string of the molecule is c1ccc2c(-n3c4ccccc4c4cc(-c5ccc(-c6cnc7c8ccccc8c8ccccc8c7n6)cc5)ccc43)cccc2c1. The van der Waals surface area contributed by atoms with Crippen LogP contribution >= 0.6 is 0 Å². The molecule has 0 aliphatic rings. The zero-order chi connectivity index (χ0) is 30.9. The zero-order valence-electron chi connectivity index (χ0n) is 25.4. The predicted molar refractivity (Wildman–Crippen MR) is 197 cm³/mol. The van der Waals surface area contributed by atoms with Crippen LogP contribution in [0.2, 0.25) is 0 Å². The number of nitrogens with zero attached hydrogens (tertiary/aromatic N) is 3. The van der Waals surface area contributed by atoms with Crippen LogP contribution in [0, 0.1) is 0 Å². The standard InChI is InChI=1S/C44H27N3/c1-2-12-32-29(10-1)11-9-19-40(32)47-41-18-8-7-15-35(41)38-26-31(24-25-42(38)47)28-20-22-30(23-21-28)39-27-45-43-36-16-5-3-13-33(36)34-14-4-6-17-37(34)44(43)46-39/h1-27H. The van der Waals surface area contributed by atoms with Gasteiger partial charge in [-0.25, -0.2) is 4.98 Å². The first-order chi connectivity index (χ1) is 23.3. The molecular weight excluding hydrogens is 571 g/mol. The molecule has 0 aliphatic carbocycles. The van der Waals surface area contributed by atoms with Crippen molar-refractivity contribution >= 4 is 65.2 Å². The maximum atomic E-state index is 5.19. The first kappa shape index (κ1) is 26.0. The van der Waals surface area contributed by atoms with Crippen molar-refractivity contribution in [2.75, 3.05) is 0 Å². The molecule has 0 bridgehead atoms. The third kappa shape index (κ3) is 3.93. The van der Waals surface area contributed by atoms with E-state index in [2.05, 4.69) is 162 Å². The highest BCUT2D eigenvalue weighted by Gasteiger charge is 2.16. The summed E-state index contributed by atoms with van der Waals surface area (Å²) in [5.74, 6) is 0. The van der Waals surface area contributed by atoms with Crippen molar-refractivity contribution in [2.45, 2.75) is 0 Å². The third-order valence-corrected chi connectivity index (χ3v) is 9.62. The number of fused-ring (bicyclic) bond motifs is 10. The third-order valence-electron chi connectivity index (χ3n) is 9.62. The lowest BCUT2D eigenvalue weighted by Crippen LogP contribution is -1.95. The second-order valence-electron chi connectivity index (χ2n) is 12.2. The normalized spacial score (nSPS) is 11.8. The van der Waals surface area contributed by atoms with Gasteiger partial charge < -0.3 is 4.57 Å². The topological polar surface area (TPSA) is 30.7 Å². The van der Waals surface area contributed by atoms with Crippen LogP contribution < -0.4 is 0 Å². The maximum Gasteiger partial charge on any atom is 0.0979 e. The molecule has 0 atom stereocenters. The van der Waals surface area contributed by atoms with Gasteiger partial charge in [-0.15, -0.1) is 0 Å². The Morgan fingerprint density at radius 1 is 0.383 bits per heavy atom. The highest BCUT2D eigenvalue weighted by Crippen LogP contribution is 2.38. The van der Waals surface area contributed by atoms with Crippen LogP contribution in [0.25, 0.3) is 93.2 Å². The Kier molecular flexibility index (Phi) is 5.57. The molecule has 0 radical (unpaired) electrons. The Morgan fingerprint density at radius 2 is 0.957 bits per heavy atom. The Labute approximate surface area is 271 Å². The highest BCUT2D eigenvalue weighted by atomic mass is 15.0. The van der Waals surface area contributed by atoms with E-state index in [1.807, 2.05) is 6.20 Å². The van der Waals surface area contributed by atoms with Crippen molar-refractivity contribution in [1.82, 2.24) is 14.5 Å². The van der Waals surface area contributed by atoms with Gasteiger partial charge in [-0.1, -0.05) is 133 Å². The summed E-state index contributed by atoms with van der Waals surface area (Å²) in [6, 6.07) is 56.4. The van der Waals surface area contributed by atoms with Crippen molar-refractivity contribution in [1.29, 1.82) is 0 Å². The van der Waals surface area contributed by atoms with Crippen molar-refractivity contribution < 1.29 is 0 Å². The van der Waals surface area contributed by atoms with E-state index in [9.17, 15) is 0 Å². The van der Waals surface area contributed by atoms with Crippen LogP contribution in [-0.2, 0) is 0 Å². The Hall–Kier alpha value is -6.32. The lowest BCUT2D eigenvalue weighted by molar-refractivity contribution is 1.20. The molecule has 0 amide bonds. The van der Waals surface area contributed by atoms with Gasteiger partial charge in [0.2, 0.25) is 0 Å². The average Bonchev–Trinajstić information content (AvgIpc) is 3.48.